The molecule has 1 atom stereocenters. The summed E-state index contributed by atoms with van der Waals surface area (Å²) in [4.78, 5) is 14.0. The topological polar surface area (TPSA) is 67.6 Å². The molecule has 2 aromatic rings. The predicted octanol–water partition coefficient (Wildman–Crippen LogP) is 3.02. The molecule has 2 heterocycles. The second kappa shape index (κ2) is 6.76. The van der Waals surface area contributed by atoms with E-state index >= 15 is 0 Å². The molecular formula is C20H27N3O3. The Labute approximate surface area is 154 Å². The summed E-state index contributed by atoms with van der Waals surface area (Å²) in [7, 11) is 1.66. The zero-order valence-corrected chi connectivity index (χ0v) is 16.1. The Morgan fingerprint density at radius 1 is 1.42 bits per heavy atom. The first kappa shape index (κ1) is 18.5. The highest BCUT2D eigenvalue weighted by molar-refractivity contribution is 5.95. The SMILES string of the molecule is COc1c(-c2cnn(CC(C)(C)O)c2)ccc2c1CCC(C)N2C(C)=O. The van der Waals surface area contributed by atoms with Crippen molar-refractivity contribution in [1.29, 1.82) is 0 Å². The maximum Gasteiger partial charge on any atom is 0.224 e. The van der Waals surface area contributed by atoms with Crippen molar-refractivity contribution < 1.29 is 14.6 Å². The maximum absolute atomic E-state index is 12.1. The number of hydrogen-bond acceptors (Lipinski definition) is 4. The van der Waals surface area contributed by atoms with Gasteiger partial charge < -0.3 is 14.7 Å². The summed E-state index contributed by atoms with van der Waals surface area (Å²) in [5.74, 6) is 0.842. The summed E-state index contributed by atoms with van der Waals surface area (Å²) in [6, 6.07) is 4.17. The molecule has 1 aromatic carbocycles. The molecule has 0 radical (unpaired) electrons. The van der Waals surface area contributed by atoms with E-state index in [9.17, 15) is 9.90 Å². The van der Waals surface area contributed by atoms with Gasteiger partial charge in [-0.3, -0.25) is 9.48 Å². The molecule has 1 unspecified atom stereocenters. The number of methoxy groups -OCH3 is 1. The van der Waals surface area contributed by atoms with Gasteiger partial charge in [-0.05, 0) is 45.7 Å². The average molecular weight is 357 g/mol. The molecule has 0 bridgehead atoms. The summed E-state index contributed by atoms with van der Waals surface area (Å²) in [5.41, 5.74) is 3.05. The van der Waals surface area contributed by atoms with Gasteiger partial charge in [0.1, 0.15) is 5.75 Å². The van der Waals surface area contributed by atoms with Crippen LogP contribution in [-0.4, -0.2) is 39.5 Å². The number of carbonyl (C=O) groups excluding carboxylic acids is 1. The van der Waals surface area contributed by atoms with Gasteiger partial charge in [-0.2, -0.15) is 5.10 Å². The molecule has 3 rings (SSSR count). The summed E-state index contributed by atoms with van der Waals surface area (Å²) in [5, 5.41) is 14.3. The Balaban J connectivity index is 2.04. The van der Waals surface area contributed by atoms with E-state index in [1.807, 2.05) is 23.2 Å². The fourth-order valence-corrected chi connectivity index (χ4v) is 3.73. The van der Waals surface area contributed by atoms with E-state index in [-0.39, 0.29) is 11.9 Å². The number of nitrogens with zero attached hydrogens (tertiary/aromatic N) is 3. The average Bonchev–Trinajstić information content (AvgIpc) is 2.99. The second-order valence-corrected chi connectivity index (χ2v) is 7.66. The first-order valence-corrected chi connectivity index (χ1v) is 8.96. The van der Waals surface area contributed by atoms with E-state index in [0.29, 0.717) is 6.54 Å². The van der Waals surface area contributed by atoms with Crippen LogP contribution in [0.15, 0.2) is 24.5 Å². The van der Waals surface area contributed by atoms with Crippen LogP contribution in [0.3, 0.4) is 0 Å². The lowest BCUT2D eigenvalue weighted by Crippen LogP contribution is -2.40. The quantitative estimate of drug-likeness (QED) is 0.913. The van der Waals surface area contributed by atoms with Crippen LogP contribution >= 0.6 is 0 Å². The molecule has 1 aromatic heterocycles. The Morgan fingerprint density at radius 2 is 2.15 bits per heavy atom. The van der Waals surface area contributed by atoms with Crippen LogP contribution in [-0.2, 0) is 17.8 Å². The molecule has 1 amide bonds. The van der Waals surface area contributed by atoms with Gasteiger partial charge in [0.15, 0.2) is 0 Å². The van der Waals surface area contributed by atoms with Gasteiger partial charge in [0.25, 0.3) is 0 Å². The van der Waals surface area contributed by atoms with Gasteiger partial charge in [-0.15, -0.1) is 0 Å². The lowest BCUT2D eigenvalue weighted by Gasteiger charge is -2.35. The third-order valence-electron chi connectivity index (χ3n) is 4.78. The summed E-state index contributed by atoms with van der Waals surface area (Å²) in [6.07, 6.45) is 5.47. The number of rotatable bonds is 4. The molecule has 1 aliphatic rings. The predicted molar refractivity (Wildman–Crippen MR) is 101 cm³/mol. The summed E-state index contributed by atoms with van der Waals surface area (Å²) >= 11 is 0. The van der Waals surface area contributed by atoms with E-state index in [0.717, 1.165) is 41.0 Å². The molecule has 0 fully saturated rings. The van der Waals surface area contributed by atoms with E-state index < -0.39 is 5.60 Å². The number of fused-ring (bicyclic) bond motifs is 1. The zero-order chi connectivity index (χ0) is 19.1. The first-order valence-electron chi connectivity index (χ1n) is 8.96. The highest BCUT2D eigenvalue weighted by Gasteiger charge is 2.29. The summed E-state index contributed by atoms with van der Waals surface area (Å²) in [6.45, 7) is 7.60. The number of amides is 1. The van der Waals surface area contributed by atoms with Crippen LogP contribution in [0.25, 0.3) is 11.1 Å². The Kier molecular flexibility index (Phi) is 4.80. The Bertz CT molecular complexity index is 820. The van der Waals surface area contributed by atoms with Crippen LogP contribution < -0.4 is 9.64 Å². The minimum atomic E-state index is -0.832. The smallest absolute Gasteiger partial charge is 0.224 e. The third-order valence-corrected chi connectivity index (χ3v) is 4.78. The number of hydrogen-bond donors (Lipinski definition) is 1. The van der Waals surface area contributed by atoms with Crippen molar-refractivity contribution in [3.05, 3.63) is 30.1 Å². The fourth-order valence-electron chi connectivity index (χ4n) is 3.73. The van der Waals surface area contributed by atoms with E-state index in [1.54, 1.807) is 38.8 Å². The maximum atomic E-state index is 12.1. The monoisotopic (exact) mass is 357 g/mol. The van der Waals surface area contributed by atoms with Crippen LogP contribution in [0.1, 0.15) is 39.7 Å². The van der Waals surface area contributed by atoms with Crippen molar-refractivity contribution in [3.63, 3.8) is 0 Å². The number of carbonyl (C=O) groups is 1. The van der Waals surface area contributed by atoms with Gasteiger partial charge in [0, 0.05) is 35.9 Å². The van der Waals surface area contributed by atoms with E-state index in [4.69, 9.17) is 4.74 Å². The molecule has 1 aliphatic heterocycles. The van der Waals surface area contributed by atoms with Crippen molar-refractivity contribution in [2.75, 3.05) is 12.0 Å². The molecule has 6 nitrogen and oxygen atoms in total. The van der Waals surface area contributed by atoms with Crippen molar-refractivity contribution in [3.8, 4) is 16.9 Å². The molecule has 26 heavy (non-hydrogen) atoms. The highest BCUT2D eigenvalue weighted by Crippen LogP contribution is 2.42. The van der Waals surface area contributed by atoms with Gasteiger partial charge in [0.2, 0.25) is 5.91 Å². The van der Waals surface area contributed by atoms with Crippen molar-refractivity contribution in [2.24, 2.45) is 0 Å². The fraction of sp³-hybridized carbons (Fsp3) is 0.500. The number of anilines is 1. The molecule has 1 N–H and O–H groups in total. The molecule has 0 saturated heterocycles. The van der Waals surface area contributed by atoms with E-state index in [2.05, 4.69) is 12.0 Å². The lowest BCUT2D eigenvalue weighted by atomic mass is 9.92. The largest absolute Gasteiger partial charge is 0.496 e. The van der Waals surface area contributed by atoms with Crippen LogP contribution in [0, 0.1) is 0 Å². The number of aliphatic hydroxyl groups is 1. The molecule has 0 saturated carbocycles. The first-order chi connectivity index (χ1) is 12.2. The molecule has 6 heteroatoms. The van der Waals surface area contributed by atoms with Crippen LogP contribution in [0.2, 0.25) is 0 Å². The minimum Gasteiger partial charge on any atom is -0.496 e. The van der Waals surface area contributed by atoms with Crippen molar-refractivity contribution >= 4 is 11.6 Å². The second-order valence-electron chi connectivity index (χ2n) is 7.66. The summed E-state index contributed by atoms with van der Waals surface area (Å²) < 4.78 is 7.48. The van der Waals surface area contributed by atoms with E-state index in [1.165, 1.54) is 0 Å². The van der Waals surface area contributed by atoms with Gasteiger partial charge >= 0.3 is 0 Å². The normalized spacial score (nSPS) is 17.2. The molecule has 0 aliphatic carbocycles. The standard InChI is InChI=1S/C20H27N3O3/c1-13-6-7-17-18(23(13)14(2)24)9-8-16(19(17)26-5)15-10-21-22(11-15)12-20(3,4)25/h8-11,13,25H,6-7,12H2,1-5H3. The van der Waals surface area contributed by atoms with Crippen molar-refractivity contribution in [1.82, 2.24) is 9.78 Å². The van der Waals surface area contributed by atoms with Gasteiger partial charge in [-0.1, -0.05) is 0 Å². The number of benzene rings is 1. The zero-order valence-electron chi connectivity index (χ0n) is 16.1. The third kappa shape index (κ3) is 3.46. The Morgan fingerprint density at radius 3 is 2.77 bits per heavy atom. The lowest BCUT2D eigenvalue weighted by molar-refractivity contribution is -0.117. The van der Waals surface area contributed by atoms with Gasteiger partial charge in [-0.25, -0.2) is 0 Å². The molecular weight excluding hydrogens is 330 g/mol. The minimum absolute atomic E-state index is 0.0475. The van der Waals surface area contributed by atoms with Crippen molar-refractivity contribution in [2.45, 2.75) is 58.7 Å². The molecule has 140 valence electrons. The van der Waals surface area contributed by atoms with Gasteiger partial charge in [0.05, 0.1) is 31.1 Å². The highest BCUT2D eigenvalue weighted by atomic mass is 16.5. The van der Waals surface area contributed by atoms with Crippen LogP contribution in [0.4, 0.5) is 5.69 Å². The molecule has 0 spiro atoms. The Hall–Kier alpha value is -2.34. The number of aromatic nitrogens is 2. The number of ether oxygens (including phenoxy) is 1. The van der Waals surface area contributed by atoms with Crippen LogP contribution in [0.5, 0.6) is 5.75 Å².